The van der Waals surface area contributed by atoms with E-state index in [4.69, 9.17) is 11.6 Å². The molecule has 1 N–H and O–H groups in total. The molecule has 2 heterocycles. The van der Waals surface area contributed by atoms with E-state index in [9.17, 15) is 8.42 Å². The Balaban J connectivity index is 0.00000261. The lowest BCUT2D eigenvalue weighted by molar-refractivity contribution is 0.369. The first-order valence-electron chi connectivity index (χ1n) is 8.94. The van der Waals surface area contributed by atoms with Crippen LogP contribution in [0.3, 0.4) is 0 Å². The second kappa shape index (κ2) is 10.1. The van der Waals surface area contributed by atoms with E-state index < -0.39 is 10.0 Å². The van der Waals surface area contributed by atoms with E-state index in [2.05, 4.69) is 20.1 Å². The highest BCUT2D eigenvalue weighted by Crippen LogP contribution is 2.26. The summed E-state index contributed by atoms with van der Waals surface area (Å²) in [5.41, 5.74) is 1.07. The summed E-state index contributed by atoms with van der Waals surface area (Å²) in [6, 6.07) is 7.90. The van der Waals surface area contributed by atoms with E-state index >= 15 is 0 Å². The quantitative estimate of drug-likeness (QED) is 0.367. The first-order chi connectivity index (χ1) is 12.5. The molecule has 27 heavy (non-hydrogen) atoms. The second-order valence-corrected chi connectivity index (χ2v) is 8.96. The molecule has 0 unspecified atom stereocenters. The molecule has 1 aromatic rings. The van der Waals surface area contributed by atoms with Gasteiger partial charge >= 0.3 is 0 Å². The summed E-state index contributed by atoms with van der Waals surface area (Å²) in [6.45, 7) is 5.09. The number of guanidine groups is 1. The zero-order valence-corrected chi connectivity index (χ0v) is 19.4. The summed E-state index contributed by atoms with van der Waals surface area (Å²) in [4.78, 5) is 8.83. The Bertz CT molecular complexity index is 753. The van der Waals surface area contributed by atoms with Crippen LogP contribution in [0.4, 0.5) is 5.69 Å². The molecule has 1 aromatic carbocycles. The highest BCUT2D eigenvalue weighted by atomic mass is 127. The number of nitrogens with zero attached hydrogens (tertiary/aromatic N) is 4. The predicted molar refractivity (Wildman–Crippen MR) is 122 cm³/mol. The number of anilines is 1. The highest BCUT2D eigenvalue weighted by Gasteiger charge is 2.28. The van der Waals surface area contributed by atoms with Crippen molar-refractivity contribution in [3.05, 3.63) is 29.3 Å². The van der Waals surface area contributed by atoms with Gasteiger partial charge in [-0.3, -0.25) is 4.99 Å². The van der Waals surface area contributed by atoms with Gasteiger partial charge in [0.1, 0.15) is 0 Å². The number of sulfonamides is 1. The maximum absolute atomic E-state index is 11.8. The molecular formula is C17H27ClIN5O2S. The summed E-state index contributed by atoms with van der Waals surface area (Å²) in [7, 11) is -1.28. The van der Waals surface area contributed by atoms with Crippen molar-refractivity contribution in [2.45, 2.75) is 6.42 Å². The number of piperazine rings is 1. The van der Waals surface area contributed by atoms with Crippen molar-refractivity contribution in [1.29, 1.82) is 0 Å². The van der Waals surface area contributed by atoms with Crippen molar-refractivity contribution in [2.24, 2.45) is 4.99 Å². The molecule has 2 aliphatic rings. The van der Waals surface area contributed by atoms with Gasteiger partial charge in [0.2, 0.25) is 10.0 Å². The van der Waals surface area contributed by atoms with Crippen LogP contribution in [0, 0.1) is 0 Å². The van der Waals surface area contributed by atoms with Crippen LogP contribution in [-0.4, -0.2) is 82.2 Å². The van der Waals surface area contributed by atoms with Crippen molar-refractivity contribution in [3.63, 3.8) is 0 Å². The maximum Gasteiger partial charge on any atom is 0.214 e. The summed E-state index contributed by atoms with van der Waals surface area (Å²) < 4.78 is 25.3. The maximum atomic E-state index is 11.8. The van der Waals surface area contributed by atoms with Crippen molar-refractivity contribution in [3.8, 4) is 0 Å². The van der Waals surface area contributed by atoms with Crippen LogP contribution < -0.4 is 10.2 Å². The van der Waals surface area contributed by atoms with Gasteiger partial charge in [-0.1, -0.05) is 23.7 Å². The Morgan fingerprint density at radius 2 is 1.89 bits per heavy atom. The average molecular weight is 528 g/mol. The monoisotopic (exact) mass is 527 g/mol. The Hall–Kier alpha value is -0.780. The van der Waals surface area contributed by atoms with E-state index in [0.717, 1.165) is 49.3 Å². The molecule has 0 aromatic heterocycles. The summed E-state index contributed by atoms with van der Waals surface area (Å²) in [5, 5.41) is 4.07. The van der Waals surface area contributed by atoms with Crippen molar-refractivity contribution in [1.82, 2.24) is 14.5 Å². The third-order valence-corrected chi connectivity index (χ3v) is 7.11. The molecule has 0 amide bonds. The lowest BCUT2D eigenvalue weighted by atomic mass is 10.2. The second-order valence-electron chi connectivity index (χ2n) is 6.47. The first kappa shape index (κ1) is 22.5. The SMILES string of the molecule is CN=C(NCCN1CCCS1(=O)=O)N1CCN(c2ccccc2Cl)CC1.I. The molecule has 0 spiro atoms. The van der Waals surface area contributed by atoms with Gasteiger partial charge in [0.25, 0.3) is 0 Å². The van der Waals surface area contributed by atoms with E-state index in [1.54, 1.807) is 11.4 Å². The number of rotatable bonds is 4. The van der Waals surface area contributed by atoms with Crippen LogP contribution >= 0.6 is 35.6 Å². The fourth-order valence-electron chi connectivity index (χ4n) is 3.43. The number of nitrogens with one attached hydrogen (secondary N) is 1. The van der Waals surface area contributed by atoms with Crippen LogP contribution in [0.25, 0.3) is 0 Å². The minimum Gasteiger partial charge on any atom is -0.367 e. The normalized spacial score (nSPS) is 20.4. The number of aliphatic imine (C=N–C) groups is 1. The molecular weight excluding hydrogens is 501 g/mol. The average Bonchev–Trinajstić information content (AvgIpc) is 2.98. The Labute approximate surface area is 183 Å². The molecule has 3 rings (SSSR count). The minimum atomic E-state index is -3.04. The van der Waals surface area contributed by atoms with Gasteiger partial charge in [0.05, 0.1) is 16.5 Å². The lowest BCUT2D eigenvalue weighted by Gasteiger charge is -2.38. The number of halogens is 2. The first-order valence-corrected chi connectivity index (χ1v) is 10.9. The highest BCUT2D eigenvalue weighted by molar-refractivity contribution is 14.0. The van der Waals surface area contributed by atoms with E-state index in [1.807, 2.05) is 24.3 Å². The zero-order chi connectivity index (χ0) is 18.6. The van der Waals surface area contributed by atoms with Gasteiger partial charge in [0, 0.05) is 52.9 Å². The van der Waals surface area contributed by atoms with Crippen LogP contribution in [0.2, 0.25) is 5.02 Å². The molecule has 152 valence electrons. The molecule has 2 fully saturated rings. The molecule has 2 saturated heterocycles. The van der Waals surface area contributed by atoms with Gasteiger partial charge in [-0.05, 0) is 18.6 Å². The van der Waals surface area contributed by atoms with Crippen LogP contribution in [-0.2, 0) is 10.0 Å². The van der Waals surface area contributed by atoms with E-state index in [-0.39, 0.29) is 29.7 Å². The third-order valence-electron chi connectivity index (χ3n) is 4.83. The molecule has 0 aliphatic carbocycles. The van der Waals surface area contributed by atoms with Gasteiger partial charge < -0.3 is 15.1 Å². The molecule has 10 heteroatoms. The molecule has 0 atom stereocenters. The number of para-hydroxylation sites is 1. The van der Waals surface area contributed by atoms with Gasteiger partial charge in [-0.25, -0.2) is 12.7 Å². The standard InChI is InChI=1S/C17H26ClN5O2S.HI/c1-19-17(20-7-9-23-8-4-14-26(23,24)25)22-12-10-21(11-13-22)16-6-3-2-5-15(16)18;/h2-3,5-6H,4,7-14H2,1H3,(H,19,20);1H. The molecule has 0 radical (unpaired) electrons. The Kier molecular flexibility index (Phi) is 8.44. The third kappa shape index (κ3) is 5.61. The van der Waals surface area contributed by atoms with Gasteiger partial charge in [-0.15, -0.1) is 24.0 Å². The minimum absolute atomic E-state index is 0. The van der Waals surface area contributed by atoms with Crippen molar-refractivity contribution < 1.29 is 8.42 Å². The summed E-state index contributed by atoms with van der Waals surface area (Å²) in [5.74, 6) is 1.09. The van der Waals surface area contributed by atoms with Crippen LogP contribution in [0.1, 0.15) is 6.42 Å². The molecule has 0 saturated carbocycles. The zero-order valence-electron chi connectivity index (χ0n) is 15.5. The molecule has 2 aliphatic heterocycles. The number of hydrogen-bond acceptors (Lipinski definition) is 4. The lowest BCUT2D eigenvalue weighted by Crippen LogP contribution is -2.53. The fraction of sp³-hybridized carbons (Fsp3) is 0.588. The number of benzene rings is 1. The molecule has 7 nitrogen and oxygen atoms in total. The van der Waals surface area contributed by atoms with Gasteiger partial charge in [-0.2, -0.15) is 0 Å². The Morgan fingerprint density at radius 1 is 1.19 bits per heavy atom. The van der Waals surface area contributed by atoms with Crippen LogP contribution in [0.15, 0.2) is 29.3 Å². The van der Waals surface area contributed by atoms with Crippen molar-refractivity contribution >= 4 is 57.2 Å². The summed E-state index contributed by atoms with van der Waals surface area (Å²) >= 11 is 6.29. The van der Waals surface area contributed by atoms with E-state index in [0.29, 0.717) is 19.6 Å². The Morgan fingerprint density at radius 3 is 2.48 bits per heavy atom. The number of hydrogen-bond donors (Lipinski definition) is 1. The van der Waals surface area contributed by atoms with Crippen molar-refractivity contribution in [2.75, 3.05) is 63.5 Å². The van der Waals surface area contributed by atoms with Crippen LogP contribution in [0.5, 0.6) is 0 Å². The predicted octanol–water partition coefficient (Wildman–Crippen LogP) is 1.69. The van der Waals surface area contributed by atoms with Gasteiger partial charge in [0.15, 0.2) is 5.96 Å². The largest absolute Gasteiger partial charge is 0.367 e. The molecule has 0 bridgehead atoms. The summed E-state index contributed by atoms with van der Waals surface area (Å²) in [6.07, 6.45) is 0.723. The smallest absolute Gasteiger partial charge is 0.214 e. The topological polar surface area (TPSA) is 68.2 Å². The van der Waals surface area contributed by atoms with E-state index in [1.165, 1.54) is 0 Å². The fourth-order valence-corrected chi connectivity index (χ4v) is 5.22.